The first-order valence-electron chi connectivity index (χ1n) is 7.14. The number of rotatable bonds is 7. The Morgan fingerprint density at radius 3 is 2.24 bits per heavy atom. The summed E-state index contributed by atoms with van der Waals surface area (Å²) >= 11 is 0. The summed E-state index contributed by atoms with van der Waals surface area (Å²) in [4.78, 5) is 12.4. The Kier molecular flexibility index (Phi) is 5.07. The molecule has 1 aliphatic rings. The van der Waals surface area contributed by atoms with Gasteiger partial charge in [-0.1, -0.05) is 12.5 Å². The Bertz CT molecular complexity index is 475. The molecule has 0 spiro atoms. The molecule has 1 saturated carbocycles. The van der Waals surface area contributed by atoms with Crippen LogP contribution in [0.5, 0.6) is 11.5 Å². The molecule has 116 valence electrons. The van der Waals surface area contributed by atoms with Gasteiger partial charge in [0.2, 0.25) is 5.91 Å². The molecule has 5 nitrogen and oxygen atoms in total. The third-order valence-electron chi connectivity index (χ3n) is 4.17. The van der Waals surface area contributed by atoms with E-state index in [1.54, 1.807) is 21.3 Å². The van der Waals surface area contributed by atoms with Gasteiger partial charge in [-0.2, -0.15) is 0 Å². The van der Waals surface area contributed by atoms with Crippen LogP contribution in [-0.2, 0) is 16.1 Å². The number of nitrogens with one attached hydrogen (secondary N) is 1. The Balaban J connectivity index is 2.07. The number of hydrogen-bond donors (Lipinski definition) is 1. The molecule has 0 radical (unpaired) electrons. The Morgan fingerprint density at radius 2 is 1.81 bits per heavy atom. The third-order valence-corrected chi connectivity index (χ3v) is 4.17. The van der Waals surface area contributed by atoms with Gasteiger partial charge in [0.15, 0.2) is 0 Å². The summed E-state index contributed by atoms with van der Waals surface area (Å²) in [5, 5.41) is 3.00. The molecule has 0 heterocycles. The van der Waals surface area contributed by atoms with Crippen LogP contribution in [-0.4, -0.2) is 33.8 Å². The fourth-order valence-corrected chi connectivity index (χ4v) is 2.78. The van der Waals surface area contributed by atoms with E-state index >= 15 is 0 Å². The largest absolute Gasteiger partial charge is 0.496 e. The van der Waals surface area contributed by atoms with Crippen LogP contribution in [0.15, 0.2) is 18.2 Å². The van der Waals surface area contributed by atoms with E-state index in [0.29, 0.717) is 24.7 Å². The number of carbonyl (C=O) groups excluding carboxylic acids is 1. The van der Waals surface area contributed by atoms with Gasteiger partial charge in [0.05, 0.1) is 38.3 Å². The highest BCUT2D eigenvalue weighted by molar-refractivity contribution is 5.83. The SMILES string of the molecule is COCC1(C(=O)NCc2c(OC)cccc2OC)CCC1. The van der Waals surface area contributed by atoms with E-state index in [0.717, 1.165) is 24.8 Å². The number of carbonyl (C=O) groups is 1. The lowest BCUT2D eigenvalue weighted by atomic mass is 9.68. The molecule has 5 heteroatoms. The third kappa shape index (κ3) is 3.13. The van der Waals surface area contributed by atoms with Gasteiger partial charge in [-0.05, 0) is 25.0 Å². The molecule has 1 aliphatic carbocycles. The summed E-state index contributed by atoms with van der Waals surface area (Å²) < 4.78 is 15.9. The predicted molar refractivity (Wildman–Crippen MR) is 79.6 cm³/mol. The van der Waals surface area contributed by atoms with Crippen molar-refractivity contribution in [3.8, 4) is 11.5 Å². The van der Waals surface area contributed by atoms with Crippen molar-refractivity contribution in [3.63, 3.8) is 0 Å². The molecule has 21 heavy (non-hydrogen) atoms. The number of ether oxygens (including phenoxy) is 3. The van der Waals surface area contributed by atoms with Crippen molar-refractivity contribution in [3.05, 3.63) is 23.8 Å². The van der Waals surface area contributed by atoms with Crippen molar-refractivity contribution >= 4 is 5.91 Å². The van der Waals surface area contributed by atoms with Gasteiger partial charge < -0.3 is 19.5 Å². The van der Waals surface area contributed by atoms with Crippen LogP contribution in [0.2, 0.25) is 0 Å². The zero-order valence-corrected chi connectivity index (χ0v) is 12.9. The molecule has 1 aromatic rings. The van der Waals surface area contributed by atoms with Crippen molar-refractivity contribution in [2.24, 2.45) is 5.41 Å². The van der Waals surface area contributed by atoms with Crippen LogP contribution in [0.1, 0.15) is 24.8 Å². The molecule has 0 unspecified atom stereocenters. The van der Waals surface area contributed by atoms with Crippen molar-refractivity contribution < 1.29 is 19.0 Å². The monoisotopic (exact) mass is 293 g/mol. The molecule has 1 N–H and O–H groups in total. The van der Waals surface area contributed by atoms with Crippen LogP contribution in [0.3, 0.4) is 0 Å². The van der Waals surface area contributed by atoms with Gasteiger partial charge in [0.1, 0.15) is 11.5 Å². The minimum Gasteiger partial charge on any atom is -0.496 e. The lowest BCUT2D eigenvalue weighted by molar-refractivity contribution is -0.140. The highest BCUT2D eigenvalue weighted by atomic mass is 16.5. The van der Waals surface area contributed by atoms with Gasteiger partial charge >= 0.3 is 0 Å². The molecule has 0 aliphatic heterocycles. The zero-order valence-electron chi connectivity index (χ0n) is 12.9. The first kappa shape index (κ1) is 15.6. The maximum atomic E-state index is 12.4. The molecule has 1 amide bonds. The van der Waals surface area contributed by atoms with Crippen molar-refractivity contribution in [2.45, 2.75) is 25.8 Å². The Hall–Kier alpha value is -1.75. The fourth-order valence-electron chi connectivity index (χ4n) is 2.78. The van der Waals surface area contributed by atoms with Gasteiger partial charge in [-0.25, -0.2) is 0 Å². The number of amides is 1. The number of methoxy groups -OCH3 is 3. The minimum atomic E-state index is -0.357. The van der Waals surface area contributed by atoms with Gasteiger partial charge in [0.25, 0.3) is 0 Å². The van der Waals surface area contributed by atoms with E-state index in [2.05, 4.69) is 5.32 Å². The van der Waals surface area contributed by atoms with Gasteiger partial charge in [0, 0.05) is 7.11 Å². The summed E-state index contributed by atoms with van der Waals surface area (Å²) in [6.45, 7) is 0.860. The zero-order chi connectivity index (χ0) is 15.3. The second-order valence-electron chi connectivity index (χ2n) is 5.39. The fraction of sp³-hybridized carbons (Fsp3) is 0.562. The molecule has 1 fully saturated rings. The van der Waals surface area contributed by atoms with E-state index in [1.165, 1.54) is 0 Å². The average Bonchev–Trinajstić information content (AvgIpc) is 2.47. The summed E-state index contributed by atoms with van der Waals surface area (Å²) in [6.07, 6.45) is 2.85. The molecule has 0 saturated heterocycles. The molecular weight excluding hydrogens is 270 g/mol. The van der Waals surface area contributed by atoms with Crippen molar-refractivity contribution in [1.82, 2.24) is 5.32 Å². The summed E-state index contributed by atoms with van der Waals surface area (Å²) in [5.41, 5.74) is 0.493. The maximum absolute atomic E-state index is 12.4. The van der Waals surface area contributed by atoms with Crippen molar-refractivity contribution in [2.75, 3.05) is 27.9 Å². The van der Waals surface area contributed by atoms with Crippen LogP contribution in [0.25, 0.3) is 0 Å². The number of benzene rings is 1. The van der Waals surface area contributed by atoms with Crippen LogP contribution >= 0.6 is 0 Å². The molecule has 1 aromatic carbocycles. The molecular formula is C16H23NO4. The van der Waals surface area contributed by atoms with E-state index in [4.69, 9.17) is 14.2 Å². The highest BCUT2D eigenvalue weighted by Gasteiger charge is 2.44. The van der Waals surface area contributed by atoms with E-state index < -0.39 is 0 Å². The van der Waals surface area contributed by atoms with Crippen LogP contribution in [0, 0.1) is 5.41 Å². The standard InChI is InChI=1S/C16H23NO4/c1-19-11-16(8-5-9-16)15(18)17-10-12-13(20-2)6-4-7-14(12)21-3/h4,6-7H,5,8-11H2,1-3H3,(H,17,18). The smallest absolute Gasteiger partial charge is 0.228 e. The van der Waals surface area contributed by atoms with Crippen molar-refractivity contribution in [1.29, 1.82) is 0 Å². The first-order chi connectivity index (χ1) is 10.2. The summed E-state index contributed by atoms with van der Waals surface area (Å²) in [7, 11) is 4.85. The van der Waals surface area contributed by atoms with E-state index in [9.17, 15) is 4.79 Å². The predicted octanol–water partition coefficient (Wildman–Crippen LogP) is 2.14. The molecule has 0 bridgehead atoms. The summed E-state index contributed by atoms with van der Waals surface area (Å²) in [6, 6.07) is 5.58. The van der Waals surface area contributed by atoms with E-state index in [1.807, 2.05) is 18.2 Å². The lowest BCUT2D eigenvalue weighted by Crippen LogP contribution is -2.48. The van der Waals surface area contributed by atoms with Crippen LogP contribution < -0.4 is 14.8 Å². The first-order valence-corrected chi connectivity index (χ1v) is 7.14. The Labute approximate surface area is 125 Å². The topological polar surface area (TPSA) is 56.8 Å². The summed E-state index contributed by atoms with van der Waals surface area (Å²) in [5.74, 6) is 1.47. The van der Waals surface area contributed by atoms with Gasteiger partial charge in [-0.3, -0.25) is 4.79 Å². The molecule has 0 atom stereocenters. The van der Waals surface area contributed by atoms with Gasteiger partial charge in [-0.15, -0.1) is 0 Å². The molecule has 2 rings (SSSR count). The second kappa shape index (κ2) is 6.80. The highest BCUT2D eigenvalue weighted by Crippen LogP contribution is 2.41. The normalized spacial score (nSPS) is 16.0. The quantitative estimate of drug-likeness (QED) is 0.837. The van der Waals surface area contributed by atoms with E-state index in [-0.39, 0.29) is 11.3 Å². The minimum absolute atomic E-state index is 0.0450. The lowest BCUT2D eigenvalue weighted by Gasteiger charge is -2.39. The van der Waals surface area contributed by atoms with Crippen LogP contribution in [0.4, 0.5) is 0 Å². The average molecular weight is 293 g/mol. The Morgan fingerprint density at radius 1 is 1.19 bits per heavy atom. The maximum Gasteiger partial charge on any atom is 0.228 e. The second-order valence-corrected chi connectivity index (χ2v) is 5.39. The number of hydrogen-bond acceptors (Lipinski definition) is 4. The molecule has 0 aromatic heterocycles.